The maximum atomic E-state index is 12.4. The van der Waals surface area contributed by atoms with Crippen LogP contribution in [0, 0.1) is 0 Å². The van der Waals surface area contributed by atoms with E-state index >= 15 is 0 Å². The number of pyridine rings is 1. The van der Waals surface area contributed by atoms with Gasteiger partial charge in [0.1, 0.15) is 10.6 Å². The average Bonchev–Trinajstić information content (AvgIpc) is 2.96. The maximum absolute atomic E-state index is 12.4. The molecule has 0 bridgehead atoms. The second kappa shape index (κ2) is 6.49. The number of aryl methyl sites for hydroxylation is 1. The third-order valence-corrected chi connectivity index (χ3v) is 4.33. The van der Waals surface area contributed by atoms with Crippen molar-refractivity contribution in [1.82, 2.24) is 14.3 Å². The topological polar surface area (TPSA) is 64.0 Å². The monoisotopic (exact) mass is 333 g/mol. The summed E-state index contributed by atoms with van der Waals surface area (Å²) in [6.07, 6.45) is 0.383. The molecule has 2 aromatic heterocycles. The van der Waals surface area contributed by atoms with E-state index in [0.29, 0.717) is 25.2 Å². The second-order valence-electron chi connectivity index (χ2n) is 4.55. The third kappa shape index (κ3) is 4.31. The predicted octanol–water partition coefficient (Wildman–Crippen LogP) is 2.27. The van der Waals surface area contributed by atoms with Gasteiger partial charge in [0.05, 0.1) is 0 Å². The number of nitrogens with one attached hydrogen (secondary N) is 1. The van der Waals surface area contributed by atoms with Gasteiger partial charge in [0.2, 0.25) is 10.0 Å². The molecule has 0 aliphatic heterocycles. The number of hydrogen-bond acceptors (Lipinski definition) is 3. The lowest BCUT2D eigenvalue weighted by molar-refractivity contribution is -0.141. The van der Waals surface area contributed by atoms with E-state index in [0.717, 1.165) is 6.07 Å². The van der Waals surface area contributed by atoms with Crippen molar-refractivity contribution < 1.29 is 21.6 Å². The van der Waals surface area contributed by atoms with Gasteiger partial charge < -0.3 is 4.57 Å². The Morgan fingerprint density at radius 2 is 1.86 bits per heavy atom. The van der Waals surface area contributed by atoms with Crippen molar-refractivity contribution >= 4 is 10.0 Å². The Morgan fingerprint density at radius 3 is 2.41 bits per heavy atom. The van der Waals surface area contributed by atoms with E-state index in [-0.39, 0.29) is 11.4 Å². The van der Waals surface area contributed by atoms with Crippen LogP contribution in [-0.2, 0) is 22.7 Å². The molecule has 0 fully saturated rings. The highest BCUT2D eigenvalue weighted by molar-refractivity contribution is 7.89. The third-order valence-electron chi connectivity index (χ3n) is 2.89. The zero-order valence-electron chi connectivity index (χ0n) is 11.4. The summed E-state index contributed by atoms with van der Waals surface area (Å²) in [7, 11) is -3.85. The number of rotatable bonds is 6. The fraction of sp³-hybridized carbons (Fsp3) is 0.308. The molecule has 2 heterocycles. The summed E-state index contributed by atoms with van der Waals surface area (Å²) < 4.78 is 65.2. The molecule has 0 spiro atoms. The summed E-state index contributed by atoms with van der Waals surface area (Å²) in [6, 6.07) is 5.26. The Bertz CT molecular complexity index is 695. The molecule has 0 radical (unpaired) electrons. The van der Waals surface area contributed by atoms with E-state index in [1.165, 1.54) is 0 Å². The second-order valence-corrected chi connectivity index (χ2v) is 6.32. The number of nitrogens with zero attached hydrogens (tertiary/aromatic N) is 2. The number of aromatic nitrogens is 2. The molecular weight excluding hydrogens is 319 g/mol. The standard InChI is InChI=1S/C13H14F3N3O2S/c14-13(15,16)12-5-4-11(10-17-12)22(20,21)18-6-3-9-19-7-1-2-8-19/h1-2,4-5,7-8,10,18H,3,6,9H2. The Balaban J connectivity index is 1.92. The molecule has 0 aliphatic carbocycles. The fourth-order valence-electron chi connectivity index (χ4n) is 1.78. The minimum Gasteiger partial charge on any atom is -0.354 e. The molecular formula is C13H14F3N3O2S. The highest BCUT2D eigenvalue weighted by Crippen LogP contribution is 2.27. The molecule has 5 nitrogen and oxygen atoms in total. The summed E-state index contributed by atoms with van der Waals surface area (Å²) in [5.41, 5.74) is -1.13. The first-order valence-electron chi connectivity index (χ1n) is 6.43. The summed E-state index contributed by atoms with van der Waals surface area (Å²) in [6.45, 7) is 0.822. The molecule has 0 aliphatic rings. The van der Waals surface area contributed by atoms with Crippen LogP contribution in [0.2, 0.25) is 0 Å². The van der Waals surface area contributed by atoms with Crippen molar-refractivity contribution in [2.24, 2.45) is 0 Å². The van der Waals surface area contributed by atoms with Gasteiger partial charge in [-0.3, -0.25) is 4.98 Å². The summed E-state index contributed by atoms with van der Waals surface area (Å²) >= 11 is 0. The molecule has 0 amide bonds. The zero-order valence-corrected chi connectivity index (χ0v) is 12.2. The molecule has 2 aromatic rings. The van der Waals surface area contributed by atoms with Crippen molar-refractivity contribution in [3.63, 3.8) is 0 Å². The first-order chi connectivity index (χ1) is 10.3. The van der Waals surface area contributed by atoms with Crippen LogP contribution in [0.25, 0.3) is 0 Å². The van der Waals surface area contributed by atoms with Gasteiger partial charge in [0.15, 0.2) is 0 Å². The Labute approximate surface area is 125 Å². The van der Waals surface area contributed by atoms with Crippen LogP contribution >= 0.6 is 0 Å². The number of hydrogen-bond donors (Lipinski definition) is 1. The average molecular weight is 333 g/mol. The molecule has 1 N–H and O–H groups in total. The summed E-state index contributed by atoms with van der Waals surface area (Å²) in [4.78, 5) is 2.85. The quantitative estimate of drug-likeness (QED) is 0.825. The van der Waals surface area contributed by atoms with Gasteiger partial charge in [-0.15, -0.1) is 0 Å². The molecule has 0 unspecified atom stereocenters. The normalized spacial score (nSPS) is 12.5. The van der Waals surface area contributed by atoms with Crippen LogP contribution in [0.3, 0.4) is 0 Å². The predicted molar refractivity (Wildman–Crippen MR) is 73.5 cm³/mol. The van der Waals surface area contributed by atoms with Crippen LogP contribution in [0.4, 0.5) is 13.2 Å². The molecule has 9 heteroatoms. The van der Waals surface area contributed by atoms with Crippen LogP contribution in [0.5, 0.6) is 0 Å². The van der Waals surface area contributed by atoms with Gasteiger partial charge in [-0.05, 0) is 30.7 Å². The Morgan fingerprint density at radius 1 is 1.18 bits per heavy atom. The van der Waals surface area contributed by atoms with Crippen molar-refractivity contribution in [3.8, 4) is 0 Å². The van der Waals surface area contributed by atoms with Crippen LogP contribution in [-0.4, -0.2) is 24.5 Å². The highest BCUT2D eigenvalue weighted by Gasteiger charge is 2.32. The number of sulfonamides is 1. The van der Waals surface area contributed by atoms with E-state index < -0.39 is 21.9 Å². The Kier molecular flexibility index (Phi) is 4.87. The van der Waals surface area contributed by atoms with Gasteiger partial charge in [-0.1, -0.05) is 0 Å². The largest absolute Gasteiger partial charge is 0.433 e. The van der Waals surface area contributed by atoms with Gasteiger partial charge >= 0.3 is 6.18 Å². The molecule has 0 saturated carbocycles. The zero-order chi connectivity index (χ0) is 16.2. The number of halogens is 3. The first-order valence-corrected chi connectivity index (χ1v) is 7.91. The van der Waals surface area contributed by atoms with Crippen molar-refractivity contribution in [1.29, 1.82) is 0 Å². The highest BCUT2D eigenvalue weighted by atomic mass is 32.2. The molecule has 120 valence electrons. The minimum absolute atomic E-state index is 0.182. The van der Waals surface area contributed by atoms with Crippen molar-refractivity contribution in [2.45, 2.75) is 24.0 Å². The van der Waals surface area contributed by atoms with Gasteiger partial charge in [0, 0.05) is 31.7 Å². The van der Waals surface area contributed by atoms with Crippen LogP contribution in [0.1, 0.15) is 12.1 Å². The van der Waals surface area contributed by atoms with E-state index in [4.69, 9.17) is 0 Å². The SMILES string of the molecule is O=S(=O)(NCCCn1cccc1)c1ccc(C(F)(F)F)nc1. The molecule has 2 rings (SSSR count). The lowest BCUT2D eigenvalue weighted by Crippen LogP contribution is -2.25. The van der Waals surface area contributed by atoms with E-state index in [1.807, 2.05) is 29.1 Å². The lowest BCUT2D eigenvalue weighted by Gasteiger charge is -2.09. The van der Waals surface area contributed by atoms with Gasteiger partial charge in [-0.25, -0.2) is 13.1 Å². The first kappa shape index (κ1) is 16.5. The van der Waals surface area contributed by atoms with E-state index in [9.17, 15) is 21.6 Å². The van der Waals surface area contributed by atoms with Crippen LogP contribution in [0.15, 0.2) is 47.8 Å². The van der Waals surface area contributed by atoms with Crippen molar-refractivity contribution in [2.75, 3.05) is 6.54 Å². The van der Waals surface area contributed by atoms with Gasteiger partial charge in [0.25, 0.3) is 0 Å². The fourth-order valence-corrected chi connectivity index (χ4v) is 2.80. The molecule has 0 atom stereocenters. The summed E-state index contributed by atoms with van der Waals surface area (Å²) in [5, 5.41) is 0. The molecule has 0 saturated heterocycles. The van der Waals surface area contributed by atoms with E-state index in [1.54, 1.807) is 0 Å². The molecule has 0 aromatic carbocycles. The van der Waals surface area contributed by atoms with Gasteiger partial charge in [-0.2, -0.15) is 13.2 Å². The summed E-state index contributed by atoms with van der Waals surface area (Å²) in [5.74, 6) is 0. The Hall–Kier alpha value is -1.87. The molecule has 22 heavy (non-hydrogen) atoms. The smallest absolute Gasteiger partial charge is 0.354 e. The van der Waals surface area contributed by atoms with Crippen molar-refractivity contribution in [3.05, 3.63) is 48.5 Å². The van der Waals surface area contributed by atoms with Crippen LogP contribution < -0.4 is 4.72 Å². The lowest BCUT2D eigenvalue weighted by atomic mass is 10.3. The minimum atomic E-state index is -4.59. The maximum Gasteiger partial charge on any atom is 0.433 e. The van der Waals surface area contributed by atoms with E-state index in [2.05, 4.69) is 9.71 Å². The number of alkyl halides is 3.